The van der Waals surface area contributed by atoms with Gasteiger partial charge < -0.3 is 25.2 Å². The molecule has 1 saturated carbocycles. The summed E-state index contributed by atoms with van der Waals surface area (Å²) in [6.45, 7) is -2.74. The Kier molecular flexibility index (Phi) is 5.04. The number of carbonyl (C=O) groups is 1. The second-order valence-electron chi connectivity index (χ2n) is 6.88. The van der Waals surface area contributed by atoms with E-state index < -0.39 is 24.8 Å². The molecule has 2 aliphatic rings. The summed E-state index contributed by atoms with van der Waals surface area (Å²) >= 11 is 0. The van der Waals surface area contributed by atoms with Crippen LogP contribution in [0.5, 0.6) is 11.5 Å². The first kappa shape index (κ1) is 18.5. The van der Waals surface area contributed by atoms with Crippen LogP contribution in [0.4, 0.5) is 13.6 Å². The molecule has 0 radical (unpaired) electrons. The molecule has 2 aromatic carbocycles. The number of para-hydroxylation sites is 2. The number of aliphatic hydroxyl groups is 1. The lowest BCUT2D eigenvalue weighted by Gasteiger charge is -2.30. The van der Waals surface area contributed by atoms with Gasteiger partial charge in [0.2, 0.25) is 0 Å². The number of urea groups is 1. The van der Waals surface area contributed by atoms with E-state index in [0.717, 1.165) is 0 Å². The van der Waals surface area contributed by atoms with Crippen molar-refractivity contribution >= 4 is 6.03 Å². The smallest absolute Gasteiger partial charge is 0.387 e. The Morgan fingerprint density at radius 1 is 1.07 bits per heavy atom. The summed E-state index contributed by atoms with van der Waals surface area (Å²) < 4.78 is 35.3. The van der Waals surface area contributed by atoms with E-state index in [2.05, 4.69) is 15.4 Å². The van der Waals surface area contributed by atoms with Crippen molar-refractivity contribution in [2.45, 2.75) is 37.1 Å². The van der Waals surface area contributed by atoms with Gasteiger partial charge in [-0.3, -0.25) is 0 Å². The maximum Gasteiger partial charge on any atom is 0.387 e. The zero-order valence-corrected chi connectivity index (χ0v) is 14.8. The second-order valence-corrected chi connectivity index (χ2v) is 6.88. The Morgan fingerprint density at radius 2 is 1.75 bits per heavy atom. The Morgan fingerprint density at radius 3 is 2.54 bits per heavy atom. The van der Waals surface area contributed by atoms with Gasteiger partial charge in [-0.1, -0.05) is 36.4 Å². The highest BCUT2D eigenvalue weighted by molar-refractivity contribution is 5.75. The molecule has 4 rings (SSSR count). The number of halogens is 2. The average Bonchev–Trinajstić information content (AvgIpc) is 3.43. The van der Waals surface area contributed by atoms with Crippen LogP contribution >= 0.6 is 0 Å². The summed E-state index contributed by atoms with van der Waals surface area (Å²) in [5, 5.41) is 16.0. The van der Waals surface area contributed by atoms with Crippen LogP contribution < -0.4 is 20.1 Å². The minimum Gasteiger partial charge on any atom is -0.491 e. The largest absolute Gasteiger partial charge is 0.491 e. The van der Waals surface area contributed by atoms with Crippen LogP contribution in [0.15, 0.2) is 48.5 Å². The molecule has 2 amide bonds. The molecule has 8 heteroatoms. The predicted octanol–water partition coefficient (Wildman–Crippen LogP) is 2.94. The SMILES string of the molecule is O=C(N[C@H]1COc2ccccc2[C@@H]1O)N[C@@H]1C[C@H]1c1ccccc1OC(F)F. The van der Waals surface area contributed by atoms with Gasteiger partial charge in [0.25, 0.3) is 0 Å². The summed E-state index contributed by atoms with van der Waals surface area (Å²) in [4.78, 5) is 12.3. The Bertz CT molecular complexity index is 864. The van der Waals surface area contributed by atoms with Crippen molar-refractivity contribution in [3.8, 4) is 11.5 Å². The van der Waals surface area contributed by atoms with Crippen LogP contribution in [0.1, 0.15) is 29.6 Å². The third-order valence-corrected chi connectivity index (χ3v) is 5.00. The number of hydrogen-bond donors (Lipinski definition) is 3. The van der Waals surface area contributed by atoms with Gasteiger partial charge in [0, 0.05) is 17.5 Å². The molecule has 1 aliphatic heterocycles. The molecule has 28 heavy (non-hydrogen) atoms. The van der Waals surface area contributed by atoms with Gasteiger partial charge in [-0.05, 0) is 24.1 Å². The third-order valence-electron chi connectivity index (χ3n) is 5.00. The van der Waals surface area contributed by atoms with Crippen molar-refractivity contribution in [3.05, 3.63) is 59.7 Å². The topological polar surface area (TPSA) is 79.8 Å². The van der Waals surface area contributed by atoms with Crippen molar-refractivity contribution in [2.75, 3.05) is 6.61 Å². The first-order valence-corrected chi connectivity index (χ1v) is 9.03. The van der Waals surface area contributed by atoms with Crippen molar-refractivity contribution in [3.63, 3.8) is 0 Å². The number of amides is 2. The van der Waals surface area contributed by atoms with Crippen LogP contribution in [-0.2, 0) is 0 Å². The summed E-state index contributed by atoms with van der Waals surface area (Å²) in [7, 11) is 0. The molecule has 6 nitrogen and oxygen atoms in total. The molecule has 0 bridgehead atoms. The van der Waals surface area contributed by atoms with Crippen LogP contribution in [0.2, 0.25) is 0 Å². The van der Waals surface area contributed by atoms with Gasteiger partial charge >= 0.3 is 12.6 Å². The lowest BCUT2D eigenvalue weighted by molar-refractivity contribution is -0.0504. The number of benzene rings is 2. The molecule has 0 unspecified atom stereocenters. The quantitative estimate of drug-likeness (QED) is 0.734. The lowest BCUT2D eigenvalue weighted by atomic mass is 9.99. The normalized spacial score (nSPS) is 25.4. The molecule has 148 valence electrons. The average molecular weight is 390 g/mol. The maximum absolute atomic E-state index is 12.6. The fourth-order valence-electron chi connectivity index (χ4n) is 3.53. The fraction of sp³-hybridized carbons (Fsp3) is 0.350. The Balaban J connectivity index is 1.34. The summed E-state index contributed by atoms with van der Waals surface area (Å²) in [5.41, 5.74) is 1.27. The van der Waals surface area contributed by atoms with Crippen molar-refractivity contribution in [1.82, 2.24) is 10.6 Å². The molecule has 0 saturated heterocycles. The van der Waals surface area contributed by atoms with Crippen LogP contribution in [0.25, 0.3) is 0 Å². The number of rotatable bonds is 5. The van der Waals surface area contributed by atoms with Gasteiger partial charge in [0.15, 0.2) is 0 Å². The summed E-state index contributed by atoms with van der Waals surface area (Å²) in [6.07, 6.45) is -0.241. The van der Waals surface area contributed by atoms with E-state index in [1.54, 1.807) is 36.4 Å². The molecule has 0 aromatic heterocycles. The summed E-state index contributed by atoms with van der Waals surface area (Å²) in [6, 6.07) is 12.5. The molecule has 2 aromatic rings. The minimum atomic E-state index is -2.90. The number of ether oxygens (including phenoxy) is 2. The highest BCUT2D eigenvalue weighted by Crippen LogP contribution is 2.45. The van der Waals surface area contributed by atoms with Gasteiger partial charge in [-0.15, -0.1) is 0 Å². The van der Waals surface area contributed by atoms with Gasteiger partial charge in [-0.2, -0.15) is 8.78 Å². The number of fused-ring (bicyclic) bond motifs is 1. The highest BCUT2D eigenvalue weighted by Gasteiger charge is 2.42. The molecule has 1 aliphatic carbocycles. The number of carbonyl (C=O) groups excluding carboxylic acids is 1. The van der Waals surface area contributed by atoms with E-state index in [-0.39, 0.29) is 24.3 Å². The van der Waals surface area contributed by atoms with Gasteiger partial charge in [-0.25, -0.2) is 4.79 Å². The van der Waals surface area contributed by atoms with Gasteiger partial charge in [0.1, 0.15) is 24.2 Å². The molecule has 3 N–H and O–H groups in total. The van der Waals surface area contributed by atoms with Gasteiger partial charge in [0.05, 0.1) is 6.04 Å². The zero-order chi connectivity index (χ0) is 19.7. The molecule has 1 fully saturated rings. The Labute approximate surface area is 160 Å². The Hall–Kier alpha value is -2.87. The molecule has 1 heterocycles. The van der Waals surface area contributed by atoms with E-state index in [1.165, 1.54) is 6.07 Å². The van der Waals surface area contributed by atoms with Crippen molar-refractivity contribution in [1.29, 1.82) is 0 Å². The van der Waals surface area contributed by atoms with E-state index >= 15 is 0 Å². The van der Waals surface area contributed by atoms with E-state index in [9.17, 15) is 18.7 Å². The van der Waals surface area contributed by atoms with E-state index in [4.69, 9.17) is 4.74 Å². The first-order valence-electron chi connectivity index (χ1n) is 9.03. The standard InChI is InChI=1S/C20H20F2N2O4/c21-19(22)28-17-8-4-1-5-11(17)13-9-14(13)23-20(26)24-15-10-27-16-7-3-2-6-12(16)18(15)25/h1-8,13-15,18-19,25H,9-10H2,(H2,23,24,26)/t13-,14+,15-,18-/m0/s1. The number of hydrogen-bond acceptors (Lipinski definition) is 4. The lowest BCUT2D eigenvalue weighted by Crippen LogP contribution is -2.49. The van der Waals surface area contributed by atoms with Crippen LogP contribution in [0, 0.1) is 0 Å². The predicted molar refractivity (Wildman–Crippen MR) is 96.6 cm³/mol. The first-order chi connectivity index (χ1) is 13.5. The van der Waals surface area contributed by atoms with Crippen molar-refractivity contribution < 1.29 is 28.2 Å². The van der Waals surface area contributed by atoms with Crippen LogP contribution in [-0.4, -0.2) is 36.4 Å². The second kappa shape index (κ2) is 7.63. The number of aliphatic hydroxyl groups excluding tert-OH is 1. The van der Waals surface area contributed by atoms with Crippen LogP contribution in [0.3, 0.4) is 0 Å². The monoisotopic (exact) mass is 390 g/mol. The number of alkyl halides is 2. The molecular formula is C20H20F2N2O4. The van der Waals surface area contributed by atoms with E-state index in [0.29, 0.717) is 23.3 Å². The van der Waals surface area contributed by atoms with Crippen molar-refractivity contribution in [2.24, 2.45) is 0 Å². The number of nitrogens with one attached hydrogen (secondary N) is 2. The fourth-order valence-corrected chi connectivity index (χ4v) is 3.53. The summed E-state index contributed by atoms with van der Waals surface area (Å²) in [5.74, 6) is 0.639. The molecule has 4 atom stereocenters. The maximum atomic E-state index is 12.6. The molecular weight excluding hydrogens is 370 g/mol. The molecule has 0 spiro atoms. The minimum absolute atomic E-state index is 0.0889. The highest BCUT2D eigenvalue weighted by atomic mass is 19.3. The third kappa shape index (κ3) is 3.87. The van der Waals surface area contributed by atoms with E-state index in [1.807, 2.05) is 6.07 Å². The zero-order valence-electron chi connectivity index (χ0n) is 14.8.